The molecular weight excluding hydrogens is 234 g/mol. The summed E-state index contributed by atoms with van der Waals surface area (Å²) in [6.07, 6.45) is 0.918. The summed E-state index contributed by atoms with van der Waals surface area (Å²) >= 11 is 0. The van der Waals surface area contributed by atoms with E-state index in [-0.39, 0.29) is 0 Å². The van der Waals surface area contributed by atoms with Gasteiger partial charge in [-0.3, -0.25) is 4.79 Å². The van der Waals surface area contributed by atoms with Gasteiger partial charge in [0.05, 0.1) is 5.56 Å². The molecule has 0 spiro atoms. The Morgan fingerprint density at radius 2 is 2.00 bits per heavy atom. The second-order valence-corrected chi connectivity index (χ2v) is 3.85. The van der Waals surface area contributed by atoms with Crippen LogP contribution in [-0.2, 0) is 4.79 Å². The number of carboxylic acids is 1. The molecule has 2 N–H and O–H groups in total. The fraction of sp³-hybridized carbons (Fsp3) is 0.300. The first-order chi connectivity index (χ1) is 7.75. The highest BCUT2D eigenvalue weighted by Crippen LogP contribution is 2.11. The van der Waals surface area contributed by atoms with Gasteiger partial charge in [-0.25, -0.2) is 14.2 Å². The van der Waals surface area contributed by atoms with Gasteiger partial charge in [-0.2, -0.15) is 4.39 Å². The van der Waals surface area contributed by atoms with E-state index in [1.807, 2.05) is 0 Å². The first-order valence-electron chi connectivity index (χ1n) is 4.61. The van der Waals surface area contributed by atoms with Gasteiger partial charge in [-0.05, 0) is 19.9 Å². The quantitative estimate of drug-likeness (QED) is 0.776. The lowest BCUT2D eigenvalue weighted by atomic mass is 10.1. The maximum atomic E-state index is 13.2. The molecule has 1 heterocycles. The number of hydrogen-bond donors (Lipinski definition) is 2. The van der Waals surface area contributed by atoms with E-state index in [0.29, 0.717) is 0 Å². The van der Waals surface area contributed by atoms with Crippen molar-refractivity contribution >= 4 is 11.9 Å². The molecule has 1 amide bonds. The second kappa shape index (κ2) is 4.44. The summed E-state index contributed by atoms with van der Waals surface area (Å²) in [5.41, 5.74) is -2.17. The molecule has 92 valence electrons. The number of nitrogens with one attached hydrogen (secondary N) is 1. The Kier molecular flexibility index (Phi) is 3.40. The molecule has 7 heteroatoms. The van der Waals surface area contributed by atoms with Crippen molar-refractivity contribution < 1.29 is 23.5 Å². The maximum absolute atomic E-state index is 13.2. The molecule has 1 aromatic rings. The summed E-state index contributed by atoms with van der Waals surface area (Å²) in [5.74, 6) is -5.13. The van der Waals surface area contributed by atoms with Gasteiger partial charge in [-0.1, -0.05) is 0 Å². The van der Waals surface area contributed by atoms with Crippen molar-refractivity contribution in [3.05, 3.63) is 29.6 Å². The van der Waals surface area contributed by atoms with Gasteiger partial charge in [0.15, 0.2) is 5.82 Å². The van der Waals surface area contributed by atoms with E-state index in [1.54, 1.807) is 0 Å². The molecular formula is C10H10F2N2O3. The summed E-state index contributed by atoms with van der Waals surface area (Å²) in [7, 11) is 0. The van der Waals surface area contributed by atoms with Crippen LogP contribution in [0.5, 0.6) is 0 Å². The fourth-order valence-electron chi connectivity index (χ4n) is 0.998. The van der Waals surface area contributed by atoms with Crippen LogP contribution in [0.2, 0.25) is 0 Å². The molecule has 0 bridgehead atoms. The molecule has 0 atom stereocenters. The van der Waals surface area contributed by atoms with Crippen LogP contribution in [0, 0.1) is 11.8 Å². The Hall–Kier alpha value is -2.05. The number of aliphatic carboxylic acids is 1. The second-order valence-electron chi connectivity index (χ2n) is 3.85. The van der Waals surface area contributed by atoms with E-state index >= 15 is 0 Å². The molecule has 1 aromatic heterocycles. The average molecular weight is 244 g/mol. The third-order valence-electron chi connectivity index (χ3n) is 2.05. The molecule has 0 saturated carbocycles. The zero-order valence-electron chi connectivity index (χ0n) is 9.12. The molecule has 0 aliphatic carbocycles. The van der Waals surface area contributed by atoms with E-state index < -0.39 is 34.7 Å². The lowest BCUT2D eigenvalue weighted by Gasteiger charge is -2.20. The molecule has 0 unspecified atom stereocenters. The topological polar surface area (TPSA) is 79.3 Å². The van der Waals surface area contributed by atoms with Crippen LogP contribution in [0.3, 0.4) is 0 Å². The largest absolute Gasteiger partial charge is 0.480 e. The van der Waals surface area contributed by atoms with Crippen LogP contribution in [0.1, 0.15) is 24.2 Å². The lowest BCUT2D eigenvalue weighted by Crippen LogP contribution is -2.49. The number of nitrogens with zero attached hydrogens (tertiary/aromatic N) is 1. The minimum atomic E-state index is -1.58. The van der Waals surface area contributed by atoms with E-state index in [1.165, 1.54) is 13.8 Å². The highest BCUT2D eigenvalue weighted by molar-refractivity contribution is 5.97. The summed E-state index contributed by atoms with van der Waals surface area (Å²) in [5, 5.41) is 10.8. The minimum Gasteiger partial charge on any atom is -0.480 e. The molecule has 0 saturated heterocycles. The van der Waals surface area contributed by atoms with E-state index in [2.05, 4.69) is 10.3 Å². The summed E-state index contributed by atoms with van der Waals surface area (Å²) < 4.78 is 25.9. The van der Waals surface area contributed by atoms with Gasteiger partial charge in [0.1, 0.15) is 5.54 Å². The predicted molar refractivity (Wildman–Crippen MR) is 53.3 cm³/mol. The Labute approximate surface area is 95.5 Å². The van der Waals surface area contributed by atoms with Crippen LogP contribution >= 0.6 is 0 Å². The standard InChI is InChI=1S/C10H10F2N2O3/c1-10(2,9(16)17)14-8(15)5-3-4-13-7(12)6(5)11/h3-4H,1-2H3,(H,14,15)(H,16,17). The van der Waals surface area contributed by atoms with Crippen molar-refractivity contribution in [2.24, 2.45) is 0 Å². The molecule has 17 heavy (non-hydrogen) atoms. The summed E-state index contributed by atoms with van der Waals surface area (Å²) in [6, 6.07) is 0.964. The number of carbonyl (C=O) groups is 2. The van der Waals surface area contributed by atoms with Gasteiger partial charge < -0.3 is 10.4 Å². The fourth-order valence-corrected chi connectivity index (χ4v) is 0.998. The molecule has 0 aliphatic rings. The van der Waals surface area contributed by atoms with Crippen LogP contribution in [0.4, 0.5) is 8.78 Å². The van der Waals surface area contributed by atoms with Crippen molar-refractivity contribution in [3.63, 3.8) is 0 Å². The van der Waals surface area contributed by atoms with Crippen molar-refractivity contribution in [3.8, 4) is 0 Å². The van der Waals surface area contributed by atoms with Crippen LogP contribution in [0.25, 0.3) is 0 Å². The third kappa shape index (κ3) is 2.74. The van der Waals surface area contributed by atoms with Crippen molar-refractivity contribution in [1.29, 1.82) is 0 Å². The Morgan fingerprint density at radius 1 is 1.41 bits per heavy atom. The predicted octanol–water partition coefficient (Wildman–Crippen LogP) is 0.953. The number of amides is 1. The molecule has 5 nitrogen and oxygen atoms in total. The smallest absolute Gasteiger partial charge is 0.328 e. The molecule has 0 aromatic carbocycles. The molecule has 1 rings (SSSR count). The number of carbonyl (C=O) groups excluding carboxylic acids is 1. The molecule has 0 aliphatic heterocycles. The first kappa shape index (κ1) is 13.0. The van der Waals surface area contributed by atoms with Crippen LogP contribution in [0.15, 0.2) is 12.3 Å². The van der Waals surface area contributed by atoms with Gasteiger partial charge in [0.2, 0.25) is 5.95 Å². The van der Waals surface area contributed by atoms with Crippen molar-refractivity contribution in [2.45, 2.75) is 19.4 Å². The van der Waals surface area contributed by atoms with Crippen LogP contribution in [-0.4, -0.2) is 27.5 Å². The van der Waals surface area contributed by atoms with Crippen molar-refractivity contribution in [2.75, 3.05) is 0 Å². The van der Waals surface area contributed by atoms with Gasteiger partial charge in [0.25, 0.3) is 5.91 Å². The van der Waals surface area contributed by atoms with Gasteiger partial charge >= 0.3 is 5.97 Å². The number of halogens is 2. The number of hydrogen-bond acceptors (Lipinski definition) is 3. The highest BCUT2D eigenvalue weighted by atomic mass is 19.2. The number of rotatable bonds is 3. The van der Waals surface area contributed by atoms with E-state index in [4.69, 9.17) is 5.11 Å². The van der Waals surface area contributed by atoms with Gasteiger partial charge in [-0.15, -0.1) is 0 Å². The summed E-state index contributed by atoms with van der Waals surface area (Å²) in [6.45, 7) is 2.45. The molecule has 0 radical (unpaired) electrons. The first-order valence-corrected chi connectivity index (χ1v) is 4.61. The van der Waals surface area contributed by atoms with Crippen molar-refractivity contribution in [1.82, 2.24) is 10.3 Å². The maximum Gasteiger partial charge on any atom is 0.328 e. The number of aromatic nitrogens is 1. The zero-order valence-corrected chi connectivity index (χ0v) is 9.12. The average Bonchev–Trinajstić information content (AvgIpc) is 2.21. The monoisotopic (exact) mass is 244 g/mol. The van der Waals surface area contributed by atoms with E-state index in [9.17, 15) is 18.4 Å². The summed E-state index contributed by atoms with van der Waals surface area (Å²) in [4.78, 5) is 25.3. The molecule has 0 fully saturated rings. The Bertz CT molecular complexity index is 475. The Balaban J connectivity index is 2.99. The third-order valence-corrected chi connectivity index (χ3v) is 2.05. The Morgan fingerprint density at radius 3 is 2.53 bits per heavy atom. The SMILES string of the molecule is CC(C)(NC(=O)c1ccnc(F)c1F)C(=O)O. The van der Waals surface area contributed by atoms with E-state index in [0.717, 1.165) is 12.3 Å². The number of pyridine rings is 1. The van der Waals surface area contributed by atoms with Crippen LogP contribution < -0.4 is 5.32 Å². The zero-order chi connectivity index (χ0) is 13.2. The normalized spacial score (nSPS) is 11.1. The van der Waals surface area contributed by atoms with Gasteiger partial charge in [0, 0.05) is 6.20 Å². The number of carboxylic acid groups (broad SMARTS) is 1. The minimum absolute atomic E-state index is 0.591. The lowest BCUT2D eigenvalue weighted by molar-refractivity contribution is -0.143. The highest BCUT2D eigenvalue weighted by Gasteiger charge is 2.30.